The van der Waals surface area contributed by atoms with E-state index in [0.717, 1.165) is 85.6 Å². The Labute approximate surface area is 244 Å². The number of benzene rings is 1. The van der Waals surface area contributed by atoms with Gasteiger partial charge in [0.15, 0.2) is 0 Å². The van der Waals surface area contributed by atoms with Gasteiger partial charge in [-0.1, -0.05) is 30.7 Å². The van der Waals surface area contributed by atoms with E-state index in [-0.39, 0.29) is 5.91 Å². The highest BCUT2D eigenvalue weighted by Gasteiger charge is 2.12. The Kier molecular flexibility index (Phi) is 10.7. The molecule has 8 heteroatoms. The van der Waals surface area contributed by atoms with E-state index in [1.165, 1.54) is 38.8 Å². The highest BCUT2D eigenvalue weighted by molar-refractivity contribution is 5.93. The molecule has 2 aliphatic rings. The first-order chi connectivity index (χ1) is 20.1. The number of hydrogen-bond acceptors (Lipinski definition) is 7. The van der Waals surface area contributed by atoms with Gasteiger partial charge in [0.1, 0.15) is 0 Å². The zero-order valence-electron chi connectivity index (χ0n) is 24.5. The van der Waals surface area contributed by atoms with Crippen LogP contribution in [0.2, 0.25) is 0 Å². The number of amides is 1. The lowest BCUT2D eigenvalue weighted by atomic mass is 10.1. The third-order valence-electron chi connectivity index (χ3n) is 8.20. The average molecular weight is 556 g/mol. The molecule has 5 rings (SSSR count). The van der Waals surface area contributed by atoms with Crippen molar-refractivity contribution in [3.8, 4) is 11.3 Å². The fourth-order valence-electron chi connectivity index (χ4n) is 5.73. The number of piperidine rings is 1. The Morgan fingerprint density at radius 1 is 0.902 bits per heavy atom. The maximum atomic E-state index is 12.4. The van der Waals surface area contributed by atoms with Crippen molar-refractivity contribution >= 4 is 28.6 Å². The summed E-state index contributed by atoms with van der Waals surface area (Å²) < 4.78 is 0. The molecule has 0 atom stereocenters. The van der Waals surface area contributed by atoms with Gasteiger partial charge in [-0.15, -0.1) is 0 Å². The minimum Gasteiger partial charge on any atom is -0.384 e. The highest BCUT2D eigenvalue weighted by Crippen LogP contribution is 2.28. The number of nitrogens with one attached hydrogen (secondary N) is 2. The van der Waals surface area contributed by atoms with Gasteiger partial charge < -0.3 is 25.3 Å². The number of hydrogen-bond donors (Lipinski definition) is 2. The zero-order chi connectivity index (χ0) is 28.3. The van der Waals surface area contributed by atoms with Gasteiger partial charge in [-0.05, 0) is 89.2 Å². The number of carbonyl (C=O) groups is 1. The van der Waals surface area contributed by atoms with Crippen LogP contribution in [-0.4, -0.2) is 103 Å². The van der Waals surface area contributed by atoms with Crippen molar-refractivity contribution < 1.29 is 4.79 Å². The molecule has 0 spiro atoms. The Morgan fingerprint density at radius 2 is 1.71 bits per heavy atom. The normalized spacial score (nSPS) is 17.6. The summed E-state index contributed by atoms with van der Waals surface area (Å²) in [5, 5.41) is 7.73. The molecular formula is C33H45N7O. The standard InChI is InChI=1S/C33H45N7O/c1-38-17-6-21-40(24-23-38)22-16-36-33(41)12-9-27-7-10-28(11-8-27)31-25-32(29-26-34-15-13-30(29)37-31)35-14-5-20-39-18-3-2-4-19-39/h7-13,15,25-26H,2-6,14,16-24H2,1H3,(H,35,37)(H,36,41)/b12-9+. The van der Waals surface area contributed by atoms with Crippen LogP contribution in [0.25, 0.3) is 28.2 Å². The van der Waals surface area contributed by atoms with Crippen molar-refractivity contribution in [2.24, 2.45) is 0 Å². The number of pyridine rings is 2. The molecule has 218 valence electrons. The zero-order valence-corrected chi connectivity index (χ0v) is 24.5. The summed E-state index contributed by atoms with van der Waals surface area (Å²) in [6, 6.07) is 12.3. The third-order valence-corrected chi connectivity index (χ3v) is 8.20. The van der Waals surface area contributed by atoms with E-state index < -0.39 is 0 Å². The number of nitrogens with zero attached hydrogens (tertiary/aromatic N) is 5. The lowest BCUT2D eigenvalue weighted by Crippen LogP contribution is -2.36. The second kappa shape index (κ2) is 15.1. The summed E-state index contributed by atoms with van der Waals surface area (Å²) in [6.45, 7) is 10.5. The Morgan fingerprint density at radius 3 is 2.56 bits per heavy atom. The summed E-state index contributed by atoms with van der Waals surface area (Å²) in [4.78, 5) is 29.0. The molecule has 4 heterocycles. The van der Waals surface area contributed by atoms with E-state index in [4.69, 9.17) is 4.98 Å². The first-order valence-corrected chi connectivity index (χ1v) is 15.3. The van der Waals surface area contributed by atoms with Crippen LogP contribution in [0, 0.1) is 0 Å². The molecule has 0 radical (unpaired) electrons. The molecule has 0 bridgehead atoms. The van der Waals surface area contributed by atoms with Crippen LogP contribution in [0.4, 0.5) is 5.69 Å². The predicted octanol–water partition coefficient (Wildman–Crippen LogP) is 4.35. The molecule has 3 aromatic rings. The summed E-state index contributed by atoms with van der Waals surface area (Å²) in [5.74, 6) is -0.0539. The van der Waals surface area contributed by atoms with Crippen molar-refractivity contribution in [3.05, 3.63) is 60.4 Å². The molecule has 1 amide bonds. The van der Waals surface area contributed by atoms with Crippen LogP contribution in [0.1, 0.15) is 37.7 Å². The molecular weight excluding hydrogens is 510 g/mol. The van der Waals surface area contributed by atoms with Crippen LogP contribution in [0.5, 0.6) is 0 Å². The minimum absolute atomic E-state index is 0.0539. The van der Waals surface area contributed by atoms with Crippen molar-refractivity contribution in [3.63, 3.8) is 0 Å². The quantitative estimate of drug-likeness (QED) is 0.269. The number of anilines is 1. The molecule has 0 unspecified atom stereocenters. The topological polar surface area (TPSA) is 76.6 Å². The summed E-state index contributed by atoms with van der Waals surface area (Å²) in [5.41, 5.74) is 4.97. The molecule has 1 aromatic carbocycles. The first-order valence-electron chi connectivity index (χ1n) is 15.3. The van der Waals surface area contributed by atoms with Crippen LogP contribution in [0.3, 0.4) is 0 Å². The number of carbonyl (C=O) groups excluding carboxylic acids is 1. The Hall–Kier alpha value is -3.33. The lowest BCUT2D eigenvalue weighted by Gasteiger charge is -2.26. The predicted molar refractivity (Wildman–Crippen MR) is 169 cm³/mol. The van der Waals surface area contributed by atoms with Gasteiger partial charge in [0.2, 0.25) is 5.91 Å². The molecule has 2 aromatic heterocycles. The van der Waals surface area contributed by atoms with E-state index in [1.54, 1.807) is 12.3 Å². The van der Waals surface area contributed by atoms with Gasteiger partial charge in [-0.3, -0.25) is 9.78 Å². The second-order valence-corrected chi connectivity index (χ2v) is 11.4. The van der Waals surface area contributed by atoms with Crippen molar-refractivity contribution in [1.82, 2.24) is 30.0 Å². The minimum atomic E-state index is -0.0539. The maximum Gasteiger partial charge on any atom is 0.244 e. The second-order valence-electron chi connectivity index (χ2n) is 11.4. The highest BCUT2D eigenvalue weighted by atomic mass is 16.1. The van der Waals surface area contributed by atoms with Gasteiger partial charge in [-0.2, -0.15) is 0 Å². The molecule has 2 fully saturated rings. The lowest BCUT2D eigenvalue weighted by molar-refractivity contribution is -0.116. The molecule has 2 N–H and O–H groups in total. The van der Waals surface area contributed by atoms with Gasteiger partial charge in [0.05, 0.1) is 11.2 Å². The number of likely N-dealkylation sites (N-methyl/N-ethyl adjacent to an activating group) is 1. The van der Waals surface area contributed by atoms with E-state index in [2.05, 4.69) is 55.6 Å². The van der Waals surface area contributed by atoms with Gasteiger partial charge in [-0.25, -0.2) is 4.98 Å². The Balaban J connectivity index is 1.15. The van der Waals surface area contributed by atoms with Crippen LogP contribution in [0.15, 0.2) is 54.9 Å². The van der Waals surface area contributed by atoms with Crippen LogP contribution < -0.4 is 10.6 Å². The maximum absolute atomic E-state index is 12.4. The van der Waals surface area contributed by atoms with E-state index in [9.17, 15) is 4.79 Å². The smallest absolute Gasteiger partial charge is 0.244 e. The van der Waals surface area contributed by atoms with Gasteiger partial charge in [0, 0.05) is 67.8 Å². The molecule has 41 heavy (non-hydrogen) atoms. The molecule has 2 aliphatic heterocycles. The number of aromatic nitrogens is 2. The summed E-state index contributed by atoms with van der Waals surface area (Å²) >= 11 is 0. The number of fused-ring (bicyclic) bond motifs is 1. The van der Waals surface area contributed by atoms with Crippen molar-refractivity contribution in [2.45, 2.75) is 32.1 Å². The number of likely N-dealkylation sites (tertiary alicyclic amines) is 1. The molecule has 8 nitrogen and oxygen atoms in total. The monoisotopic (exact) mass is 555 g/mol. The van der Waals surface area contributed by atoms with Crippen LogP contribution >= 0.6 is 0 Å². The van der Waals surface area contributed by atoms with Crippen molar-refractivity contribution in [2.75, 3.05) is 77.8 Å². The van der Waals surface area contributed by atoms with E-state index in [1.807, 2.05) is 30.5 Å². The fraction of sp³-hybridized carbons (Fsp3) is 0.485. The molecule has 2 saturated heterocycles. The number of rotatable bonds is 11. The van der Waals surface area contributed by atoms with Gasteiger partial charge >= 0.3 is 0 Å². The average Bonchev–Trinajstić information content (AvgIpc) is 3.22. The van der Waals surface area contributed by atoms with E-state index >= 15 is 0 Å². The van der Waals surface area contributed by atoms with Gasteiger partial charge in [0.25, 0.3) is 0 Å². The SMILES string of the molecule is CN1CCCN(CCNC(=O)/C=C/c2ccc(-c3cc(NCCCN4CCCCC4)c4cnccc4n3)cc2)CC1. The van der Waals surface area contributed by atoms with E-state index in [0.29, 0.717) is 6.54 Å². The Bertz CT molecular complexity index is 1290. The molecule has 0 saturated carbocycles. The summed E-state index contributed by atoms with van der Waals surface area (Å²) in [6.07, 6.45) is 13.5. The van der Waals surface area contributed by atoms with Crippen LogP contribution in [-0.2, 0) is 4.79 Å². The third kappa shape index (κ3) is 8.83. The molecule has 0 aliphatic carbocycles. The largest absolute Gasteiger partial charge is 0.384 e. The van der Waals surface area contributed by atoms with Crippen molar-refractivity contribution in [1.29, 1.82) is 0 Å². The first kappa shape index (κ1) is 29.2. The fourth-order valence-corrected chi connectivity index (χ4v) is 5.73. The summed E-state index contributed by atoms with van der Waals surface area (Å²) in [7, 11) is 2.17.